The highest BCUT2D eigenvalue weighted by Gasteiger charge is 2.38. The van der Waals surface area contributed by atoms with Gasteiger partial charge in [-0.2, -0.15) is 0 Å². The first-order chi connectivity index (χ1) is 19.1. The number of halogens is 2. The molecule has 0 spiro atoms. The van der Waals surface area contributed by atoms with Crippen LogP contribution in [-0.4, -0.2) is 56.7 Å². The number of hydrogen-bond donors (Lipinski definition) is 2. The summed E-state index contributed by atoms with van der Waals surface area (Å²) in [5.41, 5.74) is 1.30. The number of aliphatic imine (C=N–C) groups is 1. The largest absolute Gasteiger partial charge is 0.466 e. The monoisotopic (exact) mass is 612 g/mol. The zero-order chi connectivity index (χ0) is 28.9. The average Bonchev–Trinajstić information content (AvgIpc) is 3.47. The van der Waals surface area contributed by atoms with Crippen molar-refractivity contribution in [2.75, 3.05) is 19.5 Å². The van der Waals surface area contributed by atoms with Gasteiger partial charge in [0.2, 0.25) is 10.0 Å². The minimum atomic E-state index is -3.68. The van der Waals surface area contributed by atoms with Crippen molar-refractivity contribution in [2.24, 2.45) is 10.9 Å². The molecule has 2 heterocycles. The lowest BCUT2D eigenvalue weighted by molar-refractivity contribution is -0.142. The molecule has 2 aliphatic rings. The molecule has 40 heavy (non-hydrogen) atoms. The van der Waals surface area contributed by atoms with E-state index in [1.54, 1.807) is 18.5 Å². The molecule has 1 unspecified atom stereocenters. The quantitative estimate of drug-likeness (QED) is 0.386. The van der Waals surface area contributed by atoms with Crippen LogP contribution in [-0.2, 0) is 29.1 Å². The van der Waals surface area contributed by atoms with Gasteiger partial charge in [0, 0.05) is 33.9 Å². The van der Waals surface area contributed by atoms with E-state index >= 15 is 0 Å². The lowest BCUT2D eigenvalue weighted by Gasteiger charge is -2.35. The van der Waals surface area contributed by atoms with Gasteiger partial charge in [0.25, 0.3) is 0 Å². The second-order valence-corrected chi connectivity index (χ2v) is 12.5. The maximum Gasteiger partial charge on any atom is 0.338 e. The van der Waals surface area contributed by atoms with Crippen LogP contribution in [0.15, 0.2) is 46.0 Å². The van der Waals surface area contributed by atoms with Crippen molar-refractivity contribution < 1.29 is 31.9 Å². The average molecular weight is 613 g/mol. The summed E-state index contributed by atoms with van der Waals surface area (Å²) in [6, 6.07) is 2.75. The van der Waals surface area contributed by atoms with Gasteiger partial charge in [0.05, 0.1) is 31.5 Å². The van der Waals surface area contributed by atoms with Gasteiger partial charge in [-0.1, -0.05) is 17.7 Å². The number of carbonyl (C=O) groups excluding carboxylic acids is 2. The van der Waals surface area contributed by atoms with Gasteiger partial charge >= 0.3 is 11.9 Å². The van der Waals surface area contributed by atoms with Crippen LogP contribution < -0.4 is 10.0 Å². The molecule has 4 rings (SSSR count). The van der Waals surface area contributed by atoms with E-state index in [4.69, 9.17) is 26.1 Å². The Hall–Kier alpha value is -2.87. The van der Waals surface area contributed by atoms with Gasteiger partial charge in [0.15, 0.2) is 10.8 Å². The zero-order valence-electron chi connectivity index (χ0n) is 22.0. The number of esters is 2. The third-order valence-corrected chi connectivity index (χ3v) is 9.28. The van der Waals surface area contributed by atoms with E-state index in [1.807, 2.05) is 0 Å². The molecule has 14 heteroatoms. The van der Waals surface area contributed by atoms with Crippen LogP contribution in [0.25, 0.3) is 0 Å². The van der Waals surface area contributed by atoms with Crippen molar-refractivity contribution in [2.45, 2.75) is 51.1 Å². The highest BCUT2D eigenvalue weighted by molar-refractivity contribution is 7.89. The van der Waals surface area contributed by atoms with Gasteiger partial charge in [-0.15, -0.1) is 11.3 Å². The number of rotatable bonds is 10. The Morgan fingerprint density at radius 1 is 1.25 bits per heavy atom. The van der Waals surface area contributed by atoms with Crippen molar-refractivity contribution in [3.63, 3.8) is 0 Å². The summed E-state index contributed by atoms with van der Waals surface area (Å²) in [5, 5.41) is 5.83. The van der Waals surface area contributed by atoms with E-state index in [2.05, 4.69) is 15.0 Å². The second kappa shape index (κ2) is 13.2. The number of nitrogens with zero attached hydrogens (tertiary/aromatic N) is 2. The molecule has 0 bridgehead atoms. The van der Waals surface area contributed by atoms with E-state index in [-0.39, 0.29) is 41.3 Å². The van der Waals surface area contributed by atoms with Crippen LogP contribution in [0.1, 0.15) is 55.6 Å². The summed E-state index contributed by atoms with van der Waals surface area (Å²) in [4.78, 5) is 33.8. The number of amidine groups is 1. The number of benzene rings is 1. The molecule has 0 saturated heterocycles. The Kier molecular flexibility index (Phi) is 9.93. The normalized spacial score (nSPS) is 21.4. The number of methoxy groups -OCH3 is 1. The fraction of sp³-hybridized carbons (Fsp3) is 0.462. The molecule has 2 N–H and O–H groups in total. The summed E-state index contributed by atoms with van der Waals surface area (Å²) in [6.45, 7) is 1.85. The lowest BCUT2D eigenvalue weighted by atomic mass is 9.80. The van der Waals surface area contributed by atoms with Crippen molar-refractivity contribution in [3.05, 3.63) is 62.5 Å². The molecule has 0 radical (unpaired) electrons. The van der Waals surface area contributed by atoms with Gasteiger partial charge in [-0.25, -0.2) is 27.3 Å². The number of aromatic nitrogens is 1. The number of carbonyl (C=O) groups is 2. The molecule has 2 aromatic rings. The van der Waals surface area contributed by atoms with E-state index in [0.29, 0.717) is 47.8 Å². The topological polar surface area (TPSA) is 136 Å². The van der Waals surface area contributed by atoms with Gasteiger partial charge < -0.3 is 14.8 Å². The molecule has 1 atom stereocenters. The van der Waals surface area contributed by atoms with Crippen molar-refractivity contribution in [3.8, 4) is 0 Å². The van der Waals surface area contributed by atoms with Gasteiger partial charge in [-0.3, -0.25) is 9.79 Å². The molecule has 1 fully saturated rings. The number of nitrogens with one attached hydrogen (secondary N) is 2. The Morgan fingerprint density at radius 3 is 2.62 bits per heavy atom. The van der Waals surface area contributed by atoms with Crippen LogP contribution in [0.2, 0.25) is 5.02 Å². The Morgan fingerprint density at radius 2 is 2.00 bits per heavy atom. The molecule has 1 aliphatic carbocycles. The summed E-state index contributed by atoms with van der Waals surface area (Å²) >= 11 is 7.78. The van der Waals surface area contributed by atoms with E-state index in [0.717, 1.165) is 0 Å². The lowest BCUT2D eigenvalue weighted by Crippen LogP contribution is -2.42. The Bertz CT molecular complexity index is 1410. The summed E-state index contributed by atoms with van der Waals surface area (Å²) in [5.74, 6) is -1.73. The highest BCUT2D eigenvalue weighted by Crippen LogP contribution is 2.41. The molecule has 1 aliphatic heterocycles. The molecule has 1 aromatic carbocycles. The molecule has 1 saturated carbocycles. The number of allylic oxidation sites excluding steroid dienone is 1. The van der Waals surface area contributed by atoms with Crippen LogP contribution in [0.3, 0.4) is 0 Å². The maximum atomic E-state index is 13.9. The first-order valence-corrected chi connectivity index (χ1v) is 15.7. The summed E-state index contributed by atoms with van der Waals surface area (Å²) in [6.07, 6.45) is 3.56. The van der Waals surface area contributed by atoms with Crippen molar-refractivity contribution in [1.29, 1.82) is 0 Å². The Balaban J connectivity index is 1.59. The minimum Gasteiger partial charge on any atom is -0.466 e. The number of hydrogen-bond acceptors (Lipinski definition) is 10. The maximum absolute atomic E-state index is 13.9. The first-order valence-electron chi connectivity index (χ1n) is 12.8. The van der Waals surface area contributed by atoms with Crippen LogP contribution in [0, 0.1) is 11.7 Å². The molecule has 216 valence electrons. The number of sulfonamides is 1. The van der Waals surface area contributed by atoms with Crippen LogP contribution >= 0.6 is 22.9 Å². The fourth-order valence-electron chi connectivity index (χ4n) is 4.88. The van der Waals surface area contributed by atoms with Crippen LogP contribution in [0.5, 0.6) is 0 Å². The fourth-order valence-corrected chi connectivity index (χ4v) is 7.04. The number of ether oxygens (including phenoxy) is 2. The first kappa shape index (κ1) is 30.1. The minimum absolute atomic E-state index is 0.121. The molecule has 0 amide bonds. The molecule has 1 aromatic heterocycles. The van der Waals surface area contributed by atoms with Gasteiger partial charge in [-0.05, 0) is 50.7 Å². The smallest absolute Gasteiger partial charge is 0.338 e. The molecular weight excluding hydrogens is 583 g/mol. The second-order valence-electron chi connectivity index (χ2n) is 9.37. The molecule has 10 nitrogen and oxygen atoms in total. The van der Waals surface area contributed by atoms with Crippen molar-refractivity contribution in [1.82, 2.24) is 15.0 Å². The number of thiazole rings is 1. The summed E-state index contributed by atoms with van der Waals surface area (Å²) < 4.78 is 51.6. The highest BCUT2D eigenvalue weighted by atomic mass is 35.5. The molecular formula is C26H30ClFN4O6S2. The Labute approximate surface area is 241 Å². The van der Waals surface area contributed by atoms with Gasteiger partial charge in [0.1, 0.15) is 11.9 Å². The van der Waals surface area contributed by atoms with E-state index in [1.165, 1.54) is 36.6 Å². The SMILES string of the molecule is CCOC(=O)CCS(=O)(=O)N[C@H]1CC[C@H](C2=C(C(=O)OC)C(c3ccc(F)cc3Cl)N=C(c3nccs3)N2)CC1. The standard InChI is InChI=1S/C26H30ClFN4O6S2/c1-3-38-20(33)10-13-40(35,36)32-17-7-4-15(5-8-17)22-21(26(34)37-2)23(18-9-6-16(28)14-19(18)27)31-24(30-22)25-29-11-12-39-25/h6,9,11-12,14-15,17,23,32H,3-5,7-8,10,13H2,1-2H3,(H,30,31)/t15-,17-,23?. The van der Waals surface area contributed by atoms with Crippen LogP contribution in [0.4, 0.5) is 4.39 Å². The zero-order valence-corrected chi connectivity index (χ0v) is 24.4. The van der Waals surface area contributed by atoms with E-state index in [9.17, 15) is 22.4 Å². The van der Waals surface area contributed by atoms with Crippen molar-refractivity contribution >= 4 is 50.7 Å². The third-order valence-electron chi connectivity index (χ3n) is 6.73. The van der Waals surface area contributed by atoms with E-state index < -0.39 is 33.8 Å². The third kappa shape index (κ3) is 7.25. The predicted octanol–water partition coefficient (Wildman–Crippen LogP) is 3.89. The summed E-state index contributed by atoms with van der Waals surface area (Å²) in [7, 11) is -2.40. The predicted molar refractivity (Wildman–Crippen MR) is 149 cm³/mol.